The van der Waals surface area contributed by atoms with Gasteiger partial charge in [0.05, 0.1) is 19.6 Å². The second-order valence-electron chi connectivity index (χ2n) is 8.02. The zero-order valence-electron chi connectivity index (χ0n) is 16.1. The molecule has 0 radical (unpaired) electrons. The van der Waals surface area contributed by atoms with E-state index in [0.29, 0.717) is 6.42 Å². The highest BCUT2D eigenvalue weighted by Gasteiger charge is 2.38. The number of nitrogens with zero attached hydrogens (tertiary/aromatic N) is 1. The first-order chi connectivity index (χ1) is 13.3. The third-order valence-electron chi connectivity index (χ3n) is 6.26. The van der Waals surface area contributed by atoms with Gasteiger partial charge < -0.3 is 10.1 Å². The van der Waals surface area contributed by atoms with Crippen molar-refractivity contribution < 1.29 is 9.53 Å². The second kappa shape index (κ2) is 8.41. The van der Waals surface area contributed by atoms with Crippen LogP contribution in [0, 0.1) is 0 Å². The molecule has 0 aromatic heterocycles. The summed E-state index contributed by atoms with van der Waals surface area (Å²) in [5.41, 5.74) is 1.21. The van der Waals surface area contributed by atoms with Crippen LogP contribution in [0.15, 0.2) is 42.5 Å². The lowest BCUT2D eigenvalue weighted by molar-refractivity contribution is -0.121. The van der Waals surface area contributed by atoms with Crippen LogP contribution < -0.4 is 5.32 Å². The Bertz CT molecular complexity index is 777. The highest BCUT2D eigenvalue weighted by molar-refractivity contribution is 5.85. The summed E-state index contributed by atoms with van der Waals surface area (Å²) >= 11 is 0. The maximum atomic E-state index is 12.7. The molecule has 4 nitrogen and oxygen atoms in total. The molecule has 2 aromatic carbocycles. The number of ether oxygens (including phenoxy) is 1. The first-order valence-electron chi connectivity index (χ1n) is 10.3. The van der Waals surface area contributed by atoms with Gasteiger partial charge in [-0.3, -0.25) is 9.69 Å². The van der Waals surface area contributed by atoms with Gasteiger partial charge >= 0.3 is 0 Å². The van der Waals surface area contributed by atoms with E-state index >= 15 is 0 Å². The van der Waals surface area contributed by atoms with Crippen molar-refractivity contribution in [3.8, 4) is 0 Å². The molecule has 1 aliphatic carbocycles. The minimum absolute atomic E-state index is 0.126. The molecule has 1 heterocycles. The van der Waals surface area contributed by atoms with E-state index in [9.17, 15) is 4.79 Å². The van der Waals surface area contributed by atoms with Crippen LogP contribution in [0.3, 0.4) is 0 Å². The summed E-state index contributed by atoms with van der Waals surface area (Å²) in [5, 5.41) is 5.68. The Morgan fingerprint density at radius 2 is 1.74 bits per heavy atom. The molecule has 1 N–H and O–H groups in total. The molecule has 27 heavy (non-hydrogen) atoms. The van der Waals surface area contributed by atoms with Crippen molar-refractivity contribution in [1.29, 1.82) is 0 Å². The van der Waals surface area contributed by atoms with Crippen molar-refractivity contribution in [2.75, 3.05) is 32.8 Å². The zero-order valence-corrected chi connectivity index (χ0v) is 16.1. The summed E-state index contributed by atoms with van der Waals surface area (Å²) in [6.07, 6.45) is 6.66. The summed E-state index contributed by atoms with van der Waals surface area (Å²) in [5.74, 6) is 0.128. The van der Waals surface area contributed by atoms with Gasteiger partial charge in [-0.05, 0) is 29.2 Å². The molecule has 4 rings (SSSR count). The maximum Gasteiger partial charge on any atom is 0.224 e. The highest BCUT2D eigenvalue weighted by atomic mass is 16.5. The molecule has 1 amide bonds. The number of carbonyl (C=O) groups excluding carboxylic acids is 1. The van der Waals surface area contributed by atoms with Gasteiger partial charge in [-0.1, -0.05) is 61.7 Å². The van der Waals surface area contributed by atoms with E-state index in [4.69, 9.17) is 4.74 Å². The van der Waals surface area contributed by atoms with Crippen molar-refractivity contribution in [3.05, 3.63) is 48.0 Å². The minimum atomic E-state index is 0.126. The SMILES string of the molecule is O=C(Cc1ccc2ccccc2c1)NCC1(N2CCOCC2)CCCCC1. The summed E-state index contributed by atoms with van der Waals surface area (Å²) in [4.78, 5) is 15.2. The standard InChI is InChI=1S/C23H30N2O2/c26-22(17-19-8-9-20-6-2-3-7-21(20)16-19)24-18-23(10-4-1-5-11-23)25-12-14-27-15-13-25/h2-3,6-9,16H,1,4-5,10-15,17-18H2,(H,24,26). The Hall–Kier alpha value is -1.91. The van der Waals surface area contributed by atoms with Crippen LogP contribution in [0.4, 0.5) is 0 Å². The number of hydrogen-bond acceptors (Lipinski definition) is 3. The van der Waals surface area contributed by atoms with Crippen LogP contribution in [-0.2, 0) is 16.0 Å². The monoisotopic (exact) mass is 366 g/mol. The third kappa shape index (κ3) is 4.33. The van der Waals surface area contributed by atoms with Crippen molar-refractivity contribution in [2.45, 2.75) is 44.1 Å². The lowest BCUT2D eigenvalue weighted by Gasteiger charge is -2.48. The maximum absolute atomic E-state index is 12.7. The number of carbonyl (C=O) groups is 1. The van der Waals surface area contributed by atoms with Crippen LogP contribution in [0.1, 0.15) is 37.7 Å². The number of morpholine rings is 1. The van der Waals surface area contributed by atoms with Gasteiger partial charge in [0.15, 0.2) is 0 Å². The van der Waals surface area contributed by atoms with Crippen LogP contribution in [0.2, 0.25) is 0 Å². The number of amides is 1. The van der Waals surface area contributed by atoms with E-state index in [1.54, 1.807) is 0 Å². The normalized spacial score (nSPS) is 20.4. The predicted octanol–water partition coefficient (Wildman–Crippen LogP) is 3.53. The van der Waals surface area contributed by atoms with Crippen molar-refractivity contribution >= 4 is 16.7 Å². The molecular formula is C23H30N2O2. The minimum Gasteiger partial charge on any atom is -0.379 e. The molecule has 144 valence electrons. The van der Waals surface area contributed by atoms with Crippen LogP contribution in [0.25, 0.3) is 10.8 Å². The first kappa shape index (κ1) is 18.5. The van der Waals surface area contributed by atoms with E-state index in [2.05, 4.69) is 40.5 Å². The molecule has 1 saturated carbocycles. The Morgan fingerprint density at radius 1 is 1.00 bits per heavy atom. The van der Waals surface area contributed by atoms with Gasteiger partial charge in [0.2, 0.25) is 5.91 Å². The molecular weight excluding hydrogens is 336 g/mol. The topological polar surface area (TPSA) is 41.6 Å². The molecule has 2 fully saturated rings. The molecule has 2 aliphatic rings. The van der Waals surface area contributed by atoms with Crippen LogP contribution in [0.5, 0.6) is 0 Å². The molecule has 4 heteroatoms. The zero-order chi connectivity index (χ0) is 18.5. The Labute approximate surface area is 161 Å². The summed E-state index contributed by atoms with van der Waals surface area (Å²) in [6, 6.07) is 14.6. The fraction of sp³-hybridized carbons (Fsp3) is 0.522. The van der Waals surface area contributed by atoms with Gasteiger partial charge in [0.1, 0.15) is 0 Å². The number of nitrogens with one attached hydrogen (secondary N) is 1. The second-order valence-corrected chi connectivity index (χ2v) is 8.02. The van der Waals surface area contributed by atoms with Gasteiger partial charge in [0.25, 0.3) is 0 Å². The van der Waals surface area contributed by atoms with E-state index in [0.717, 1.165) is 38.4 Å². The third-order valence-corrected chi connectivity index (χ3v) is 6.26. The van der Waals surface area contributed by atoms with Crippen molar-refractivity contribution in [3.63, 3.8) is 0 Å². The fourth-order valence-corrected chi connectivity index (χ4v) is 4.71. The average molecular weight is 367 g/mol. The van der Waals surface area contributed by atoms with Gasteiger partial charge in [-0.2, -0.15) is 0 Å². The number of benzene rings is 2. The number of fused-ring (bicyclic) bond motifs is 1. The summed E-state index contributed by atoms with van der Waals surface area (Å²) in [6.45, 7) is 4.36. The molecule has 2 aromatic rings. The molecule has 1 saturated heterocycles. The van der Waals surface area contributed by atoms with E-state index < -0.39 is 0 Å². The van der Waals surface area contributed by atoms with Crippen molar-refractivity contribution in [2.24, 2.45) is 0 Å². The Balaban J connectivity index is 1.39. The molecule has 0 bridgehead atoms. The average Bonchev–Trinajstić information content (AvgIpc) is 2.73. The van der Waals surface area contributed by atoms with Gasteiger partial charge in [0, 0.05) is 25.2 Å². The largest absolute Gasteiger partial charge is 0.379 e. The molecule has 0 unspecified atom stereocenters. The van der Waals surface area contributed by atoms with E-state index in [1.165, 1.54) is 42.9 Å². The number of rotatable bonds is 5. The number of hydrogen-bond donors (Lipinski definition) is 1. The molecule has 1 aliphatic heterocycles. The molecule has 0 atom stereocenters. The lowest BCUT2D eigenvalue weighted by Crippen LogP contribution is -2.59. The summed E-state index contributed by atoms with van der Waals surface area (Å²) in [7, 11) is 0. The lowest BCUT2D eigenvalue weighted by atomic mass is 9.79. The Kier molecular flexibility index (Phi) is 5.74. The van der Waals surface area contributed by atoms with Crippen LogP contribution in [-0.4, -0.2) is 49.2 Å². The summed E-state index contributed by atoms with van der Waals surface area (Å²) < 4.78 is 5.55. The van der Waals surface area contributed by atoms with E-state index in [-0.39, 0.29) is 11.4 Å². The highest BCUT2D eigenvalue weighted by Crippen LogP contribution is 2.33. The smallest absolute Gasteiger partial charge is 0.224 e. The van der Waals surface area contributed by atoms with Gasteiger partial charge in [-0.15, -0.1) is 0 Å². The quantitative estimate of drug-likeness (QED) is 0.880. The van der Waals surface area contributed by atoms with E-state index in [1.807, 2.05) is 12.1 Å². The fourth-order valence-electron chi connectivity index (χ4n) is 4.71. The van der Waals surface area contributed by atoms with Gasteiger partial charge in [-0.25, -0.2) is 0 Å². The predicted molar refractivity (Wildman–Crippen MR) is 109 cm³/mol. The first-order valence-corrected chi connectivity index (χ1v) is 10.3. The molecule has 0 spiro atoms. The Morgan fingerprint density at radius 3 is 2.52 bits per heavy atom. The van der Waals surface area contributed by atoms with Crippen molar-refractivity contribution in [1.82, 2.24) is 10.2 Å². The van der Waals surface area contributed by atoms with Crippen LogP contribution >= 0.6 is 0 Å².